The van der Waals surface area contributed by atoms with Crippen LogP contribution in [0.2, 0.25) is 0 Å². The van der Waals surface area contributed by atoms with E-state index in [1.807, 2.05) is 0 Å². The fourth-order valence-corrected chi connectivity index (χ4v) is 3.58. The van der Waals surface area contributed by atoms with Crippen molar-refractivity contribution < 1.29 is 13.9 Å². The number of carbonyl (C=O) groups excluding carboxylic acids is 1. The Balaban J connectivity index is 1.50. The first-order valence-electron chi connectivity index (χ1n) is 10.2. The van der Waals surface area contributed by atoms with Gasteiger partial charge in [-0.1, -0.05) is 19.9 Å². The Morgan fingerprint density at radius 1 is 1.23 bits per heavy atom. The van der Waals surface area contributed by atoms with Crippen LogP contribution in [0.4, 0.5) is 14.9 Å². The van der Waals surface area contributed by atoms with Gasteiger partial charge in [0.05, 0.1) is 19.3 Å². The number of aromatic nitrogens is 5. The molecule has 1 saturated heterocycles. The molecule has 1 aromatic carbocycles. The molecule has 0 N–H and O–H groups in total. The number of anilines is 1. The second-order valence-electron chi connectivity index (χ2n) is 7.30. The van der Waals surface area contributed by atoms with Crippen molar-refractivity contribution in [1.29, 1.82) is 0 Å². The number of nitrogens with zero attached hydrogens (tertiary/aromatic N) is 7. The van der Waals surface area contributed by atoms with Crippen molar-refractivity contribution in [2.24, 2.45) is 7.05 Å². The van der Waals surface area contributed by atoms with Crippen LogP contribution >= 0.6 is 0 Å². The fourth-order valence-electron chi connectivity index (χ4n) is 3.58. The van der Waals surface area contributed by atoms with Gasteiger partial charge in [-0.25, -0.2) is 9.18 Å². The molecular formula is C21H24FN7O2. The summed E-state index contributed by atoms with van der Waals surface area (Å²) in [7, 11) is 1.67. The maximum absolute atomic E-state index is 14.9. The third-order valence-electron chi connectivity index (χ3n) is 5.31. The van der Waals surface area contributed by atoms with Crippen molar-refractivity contribution in [2.75, 3.05) is 31.1 Å². The second kappa shape index (κ2) is 8.76. The summed E-state index contributed by atoms with van der Waals surface area (Å²) in [5, 5.41) is 11.8. The Morgan fingerprint density at radius 2 is 2.03 bits per heavy atom. The Bertz CT molecular complexity index is 1070. The smallest absolute Gasteiger partial charge is 0.414 e. The summed E-state index contributed by atoms with van der Waals surface area (Å²) >= 11 is 0. The molecule has 1 aliphatic rings. The molecule has 1 atom stereocenters. The molecule has 2 aromatic heterocycles. The first-order chi connectivity index (χ1) is 15.0. The van der Waals surface area contributed by atoms with Crippen LogP contribution in [0.5, 0.6) is 0 Å². The van der Waals surface area contributed by atoms with E-state index < -0.39 is 11.9 Å². The molecular weight excluding hydrogens is 401 g/mol. The molecule has 9 nitrogen and oxygen atoms in total. The van der Waals surface area contributed by atoms with Crippen LogP contribution in [0.1, 0.15) is 13.8 Å². The summed E-state index contributed by atoms with van der Waals surface area (Å²) < 4.78 is 20.4. The lowest BCUT2D eigenvalue weighted by Gasteiger charge is -2.21. The standard InChI is InChI=1S/C21H24FN7O2/c1-4-28(5-2)12-16-13-29(21(30)31-16)15-7-8-17(18(22)10-15)14-6-9-19(23-11-14)20-24-26-27(3)25-20/h6-11,16H,4-5,12-13H2,1-3H3/t16-/m0/s1. The molecule has 162 valence electrons. The van der Waals surface area contributed by atoms with Crippen LogP contribution in [0.25, 0.3) is 22.6 Å². The minimum Gasteiger partial charge on any atom is -0.443 e. The number of cyclic esters (lactones) is 1. The zero-order chi connectivity index (χ0) is 22.0. The number of benzene rings is 1. The molecule has 0 radical (unpaired) electrons. The number of pyridine rings is 1. The van der Waals surface area contributed by atoms with E-state index in [1.165, 1.54) is 15.8 Å². The summed E-state index contributed by atoms with van der Waals surface area (Å²) in [6, 6.07) is 8.19. The lowest BCUT2D eigenvalue weighted by atomic mass is 10.1. The zero-order valence-electron chi connectivity index (χ0n) is 17.7. The maximum Gasteiger partial charge on any atom is 0.414 e. The number of halogens is 1. The topological polar surface area (TPSA) is 89.3 Å². The zero-order valence-corrected chi connectivity index (χ0v) is 17.7. The number of likely N-dealkylation sites (N-methyl/N-ethyl adjacent to an activating group) is 1. The van der Waals surface area contributed by atoms with Crippen LogP contribution < -0.4 is 4.90 Å². The molecule has 4 rings (SSSR count). The van der Waals surface area contributed by atoms with Crippen molar-refractivity contribution >= 4 is 11.8 Å². The average molecular weight is 425 g/mol. The van der Waals surface area contributed by atoms with E-state index in [4.69, 9.17) is 4.74 Å². The van der Waals surface area contributed by atoms with Gasteiger partial charge in [0.15, 0.2) is 0 Å². The largest absolute Gasteiger partial charge is 0.443 e. The Morgan fingerprint density at radius 3 is 2.65 bits per heavy atom. The molecule has 3 aromatic rings. The minimum absolute atomic E-state index is 0.235. The Hall–Kier alpha value is -3.40. The highest BCUT2D eigenvalue weighted by Crippen LogP contribution is 2.29. The Kier molecular flexibility index (Phi) is 5.90. The highest BCUT2D eigenvalue weighted by Gasteiger charge is 2.33. The number of hydrogen-bond acceptors (Lipinski definition) is 7. The summed E-state index contributed by atoms with van der Waals surface area (Å²) in [5.74, 6) is -0.0404. The average Bonchev–Trinajstić information content (AvgIpc) is 3.37. The van der Waals surface area contributed by atoms with Gasteiger partial charge in [-0.2, -0.15) is 4.80 Å². The number of ether oxygens (including phenoxy) is 1. The third-order valence-corrected chi connectivity index (χ3v) is 5.31. The molecule has 0 saturated carbocycles. The molecule has 3 heterocycles. The normalized spacial score (nSPS) is 16.2. The molecule has 0 unspecified atom stereocenters. The van der Waals surface area contributed by atoms with E-state index >= 15 is 0 Å². The van der Waals surface area contributed by atoms with Gasteiger partial charge in [0.2, 0.25) is 5.82 Å². The van der Waals surface area contributed by atoms with Gasteiger partial charge in [-0.15, -0.1) is 10.2 Å². The van der Waals surface area contributed by atoms with Gasteiger partial charge >= 0.3 is 6.09 Å². The molecule has 10 heteroatoms. The van der Waals surface area contributed by atoms with E-state index in [0.717, 1.165) is 13.1 Å². The first kappa shape index (κ1) is 20.9. The molecule has 1 fully saturated rings. The van der Waals surface area contributed by atoms with Gasteiger partial charge in [0, 0.05) is 23.9 Å². The van der Waals surface area contributed by atoms with Crippen molar-refractivity contribution in [3.05, 3.63) is 42.3 Å². The summed E-state index contributed by atoms with van der Waals surface area (Å²) in [6.45, 7) is 6.96. The fraction of sp³-hybridized carbons (Fsp3) is 0.381. The van der Waals surface area contributed by atoms with Crippen molar-refractivity contribution in [1.82, 2.24) is 30.1 Å². The summed E-state index contributed by atoms with van der Waals surface area (Å²) in [4.78, 5) is 21.6. The first-order valence-corrected chi connectivity index (χ1v) is 10.2. The van der Waals surface area contributed by atoms with E-state index in [2.05, 4.69) is 39.1 Å². The maximum atomic E-state index is 14.9. The predicted octanol–water partition coefficient (Wildman–Crippen LogP) is 2.75. The number of rotatable bonds is 7. The highest BCUT2D eigenvalue weighted by atomic mass is 19.1. The number of aryl methyl sites for hydroxylation is 1. The van der Waals surface area contributed by atoms with Crippen molar-refractivity contribution in [3.63, 3.8) is 0 Å². The lowest BCUT2D eigenvalue weighted by molar-refractivity contribution is 0.112. The SMILES string of the molecule is CCN(CC)C[C@H]1CN(c2ccc(-c3ccc(-c4nnn(C)n4)nc3)c(F)c2)C(=O)O1. The van der Waals surface area contributed by atoms with Gasteiger partial charge in [0.1, 0.15) is 17.6 Å². The van der Waals surface area contributed by atoms with Gasteiger partial charge in [-0.3, -0.25) is 9.88 Å². The summed E-state index contributed by atoms with van der Waals surface area (Å²) in [5.41, 5.74) is 2.02. The van der Waals surface area contributed by atoms with Gasteiger partial charge in [-0.05, 0) is 42.6 Å². The quantitative estimate of drug-likeness (QED) is 0.575. The molecule has 0 aliphatic carbocycles. The lowest BCUT2D eigenvalue weighted by Crippen LogP contribution is -2.34. The predicted molar refractivity (Wildman–Crippen MR) is 113 cm³/mol. The monoisotopic (exact) mass is 425 g/mol. The molecule has 0 spiro atoms. The van der Waals surface area contributed by atoms with Gasteiger partial charge in [0.25, 0.3) is 0 Å². The second-order valence-corrected chi connectivity index (χ2v) is 7.30. The molecule has 1 amide bonds. The Labute approximate surface area is 179 Å². The number of amides is 1. The van der Waals surface area contributed by atoms with Crippen molar-refractivity contribution in [2.45, 2.75) is 20.0 Å². The van der Waals surface area contributed by atoms with E-state index in [1.54, 1.807) is 37.5 Å². The highest BCUT2D eigenvalue weighted by molar-refractivity contribution is 5.90. The van der Waals surface area contributed by atoms with E-state index in [0.29, 0.717) is 41.4 Å². The third kappa shape index (κ3) is 4.38. The van der Waals surface area contributed by atoms with Crippen LogP contribution in [0.3, 0.4) is 0 Å². The number of hydrogen-bond donors (Lipinski definition) is 0. The van der Waals surface area contributed by atoms with Crippen LogP contribution in [-0.4, -0.2) is 68.5 Å². The summed E-state index contributed by atoms with van der Waals surface area (Å²) in [6.07, 6.45) is 0.877. The van der Waals surface area contributed by atoms with E-state index in [9.17, 15) is 9.18 Å². The van der Waals surface area contributed by atoms with Crippen LogP contribution in [-0.2, 0) is 11.8 Å². The van der Waals surface area contributed by atoms with Crippen LogP contribution in [0, 0.1) is 5.82 Å². The number of tetrazole rings is 1. The minimum atomic E-state index is -0.452. The van der Waals surface area contributed by atoms with Crippen LogP contribution in [0.15, 0.2) is 36.5 Å². The van der Waals surface area contributed by atoms with Crippen molar-refractivity contribution in [3.8, 4) is 22.6 Å². The number of carbonyl (C=O) groups is 1. The molecule has 1 aliphatic heterocycles. The van der Waals surface area contributed by atoms with E-state index in [-0.39, 0.29) is 6.10 Å². The van der Waals surface area contributed by atoms with Gasteiger partial charge < -0.3 is 9.64 Å². The molecule has 0 bridgehead atoms. The molecule has 31 heavy (non-hydrogen) atoms.